The second-order valence-electron chi connectivity index (χ2n) is 4.17. The second-order valence-corrected chi connectivity index (χ2v) is 5.02. The molecule has 0 unspecified atom stereocenters. The number of ketones is 1. The molecule has 1 rings (SSSR count). The van der Waals surface area contributed by atoms with Crippen LogP contribution >= 0.6 is 15.9 Å². The number of hydrogen-bond donors (Lipinski definition) is 0. The molecule has 0 spiro atoms. The van der Waals surface area contributed by atoms with E-state index in [-0.39, 0.29) is 12.1 Å². The van der Waals surface area contributed by atoms with E-state index in [1.165, 1.54) is 0 Å². The second kappa shape index (κ2) is 5.64. The van der Waals surface area contributed by atoms with Crippen LogP contribution in [0.1, 0.15) is 15.9 Å². The third kappa shape index (κ3) is 3.45. The lowest BCUT2D eigenvalue weighted by Gasteiger charge is -2.27. The maximum atomic E-state index is 13.2. The van der Waals surface area contributed by atoms with Crippen LogP contribution in [0.25, 0.3) is 0 Å². The van der Waals surface area contributed by atoms with Gasteiger partial charge < -0.3 is 0 Å². The minimum absolute atomic E-state index is 0.243. The van der Waals surface area contributed by atoms with Gasteiger partial charge in [-0.15, -0.1) is 0 Å². The fraction of sp³-hybridized carbons (Fsp3) is 0.364. The molecule has 0 heterocycles. The van der Waals surface area contributed by atoms with Crippen LogP contribution in [-0.2, 0) is 6.18 Å². The summed E-state index contributed by atoms with van der Waals surface area (Å²) in [5, 5.41) is 0. The molecule has 12 heteroatoms. The molecule has 0 saturated heterocycles. The van der Waals surface area contributed by atoms with Gasteiger partial charge in [-0.25, -0.2) is 0 Å². The standard InChI is InChI=1S/C11H3BrF10O/c12-6-2-1-4(3-5(6)9(15,16)17)7(23)8(13,14)10(18,19)11(20,21)22/h1-3H. The Bertz CT molecular complexity index is 616. The summed E-state index contributed by atoms with van der Waals surface area (Å²) in [6.07, 6.45) is -11.9. The number of Topliss-reactive ketones (excluding diaryl/α,β-unsaturated/α-hetero) is 1. The summed E-state index contributed by atoms with van der Waals surface area (Å²) in [5.74, 6) is -16.1. The molecule has 0 aliphatic heterocycles. The maximum Gasteiger partial charge on any atom is 0.460 e. The molecule has 0 saturated carbocycles. The molecule has 0 atom stereocenters. The van der Waals surface area contributed by atoms with Crippen LogP contribution < -0.4 is 0 Å². The minimum atomic E-state index is -6.77. The zero-order chi connectivity index (χ0) is 18.4. The molecule has 0 N–H and O–H groups in total. The molecule has 0 radical (unpaired) electrons. The first kappa shape index (κ1) is 19.7. The van der Waals surface area contributed by atoms with E-state index >= 15 is 0 Å². The van der Waals surface area contributed by atoms with Crippen LogP contribution in [-0.4, -0.2) is 23.8 Å². The lowest BCUT2D eigenvalue weighted by molar-refractivity contribution is -0.339. The number of alkyl halides is 10. The molecule has 130 valence electrons. The van der Waals surface area contributed by atoms with Crippen LogP contribution in [0.3, 0.4) is 0 Å². The number of carbonyl (C=O) groups excluding carboxylic acids is 1. The number of halogens is 11. The van der Waals surface area contributed by atoms with Gasteiger partial charge in [-0.2, -0.15) is 43.9 Å². The van der Waals surface area contributed by atoms with Crippen LogP contribution in [0.15, 0.2) is 22.7 Å². The molecule has 23 heavy (non-hydrogen) atoms. The van der Waals surface area contributed by atoms with Crippen LogP contribution in [0.5, 0.6) is 0 Å². The molecule has 0 aromatic heterocycles. The fourth-order valence-corrected chi connectivity index (χ4v) is 1.86. The van der Waals surface area contributed by atoms with Gasteiger partial charge in [0.1, 0.15) is 0 Å². The molecule has 0 amide bonds. The van der Waals surface area contributed by atoms with Crippen molar-refractivity contribution in [1.29, 1.82) is 0 Å². The van der Waals surface area contributed by atoms with E-state index in [0.717, 1.165) is 0 Å². The first-order valence-corrected chi connectivity index (χ1v) is 6.06. The smallest absolute Gasteiger partial charge is 0.287 e. The Balaban J connectivity index is 3.41. The summed E-state index contributed by atoms with van der Waals surface area (Å²) in [6, 6.07) is 0.451. The van der Waals surface area contributed by atoms with E-state index in [0.29, 0.717) is 6.07 Å². The molecule has 1 aromatic rings. The summed E-state index contributed by atoms with van der Waals surface area (Å²) in [6.45, 7) is 0. The van der Waals surface area contributed by atoms with Crippen molar-refractivity contribution in [2.24, 2.45) is 0 Å². The van der Waals surface area contributed by atoms with Crippen molar-refractivity contribution in [2.75, 3.05) is 0 Å². The van der Waals surface area contributed by atoms with Crippen molar-refractivity contribution in [2.45, 2.75) is 24.2 Å². The van der Waals surface area contributed by atoms with Crippen LogP contribution in [0.2, 0.25) is 0 Å². The Morgan fingerprint density at radius 3 is 1.74 bits per heavy atom. The average Bonchev–Trinajstić information content (AvgIpc) is 2.35. The summed E-state index contributed by atoms with van der Waals surface area (Å²) in [4.78, 5) is 11.2. The highest BCUT2D eigenvalue weighted by molar-refractivity contribution is 9.10. The minimum Gasteiger partial charge on any atom is -0.287 e. The van der Waals surface area contributed by atoms with E-state index < -0.39 is 45.6 Å². The normalized spacial score (nSPS) is 14.0. The van der Waals surface area contributed by atoms with Gasteiger partial charge in [0.05, 0.1) is 5.56 Å². The van der Waals surface area contributed by atoms with Gasteiger partial charge in [-0.3, -0.25) is 4.79 Å². The largest absolute Gasteiger partial charge is 0.460 e. The highest BCUT2D eigenvalue weighted by Crippen LogP contribution is 2.48. The third-order valence-corrected chi connectivity index (χ3v) is 3.26. The van der Waals surface area contributed by atoms with Crippen molar-refractivity contribution in [3.63, 3.8) is 0 Å². The number of hydrogen-bond acceptors (Lipinski definition) is 1. The highest BCUT2D eigenvalue weighted by atomic mass is 79.9. The van der Waals surface area contributed by atoms with E-state index in [2.05, 4.69) is 15.9 Å². The first-order chi connectivity index (χ1) is 10.0. The van der Waals surface area contributed by atoms with E-state index in [4.69, 9.17) is 0 Å². The Morgan fingerprint density at radius 2 is 1.35 bits per heavy atom. The maximum absolute atomic E-state index is 13.2. The Kier molecular flexibility index (Phi) is 4.83. The number of rotatable bonds is 3. The highest BCUT2D eigenvalue weighted by Gasteiger charge is 2.76. The van der Waals surface area contributed by atoms with Crippen molar-refractivity contribution >= 4 is 21.7 Å². The van der Waals surface area contributed by atoms with Gasteiger partial charge in [-0.1, -0.05) is 22.0 Å². The van der Waals surface area contributed by atoms with Crippen LogP contribution in [0, 0.1) is 0 Å². The average molecular weight is 421 g/mol. The molecule has 0 aliphatic rings. The lowest BCUT2D eigenvalue weighted by atomic mass is 9.98. The van der Waals surface area contributed by atoms with Gasteiger partial charge in [0.2, 0.25) is 5.78 Å². The molecule has 1 nitrogen and oxygen atoms in total. The third-order valence-electron chi connectivity index (χ3n) is 2.57. The van der Waals surface area contributed by atoms with Gasteiger partial charge in [0.25, 0.3) is 0 Å². The summed E-state index contributed by atoms with van der Waals surface area (Å²) < 4.78 is 125. The van der Waals surface area contributed by atoms with Crippen molar-refractivity contribution in [1.82, 2.24) is 0 Å². The van der Waals surface area contributed by atoms with Gasteiger partial charge in [-0.05, 0) is 12.1 Å². The quantitative estimate of drug-likeness (QED) is 0.467. The zero-order valence-electron chi connectivity index (χ0n) is 10.3. The van der Waals surface area contributed by atoms with Crippen molar-refractivity contribution in [3.05, 3.63) is 33.8 Å². The monoisotopic (exact) mass is 420 g/mol. The lowest BCUT2D eigenvalue weighted by Crippen LogP contribution is -2.56. The van der Waals surface area contributed by atoms with E-state index in [1.807, 2.05) is 0 Å². The summed E-state index contributed by atoms with van der Waals surface area (Å²) >= 11 is 2.39. The molecule has 0 fully saturated rings. The predicted octanol–water partition coefficient (Wildman–Crippen LogP) is 5.48. The summed E-state index contributed by atoms with van der Waals surface area (Å²) in [5.41, 5.74) is -3.33. The molecular formula is C11H3BrF10O. The van der Waals surface area contributed by atoms with E-state index in [9.17, 15) is 48.7 Å². The predicted molar refractivity (Wildman–Crippen MR) is 59.4 cm³/mol. The van der Waals surface area contributed by atoms with Gasteiger partial charge in [0, 0.05) is 10.0 Å². The molecule has 1 aromatic carbocycles. The van der Waals surface area contributed by atoms with E-state index in [1.54, 1.807) is 0 Å². The summed E-state index contributed by atoms with van der Waals surface area (Å²) in [7, 11) is 0. The first-order valence-electron chi connectivity index (χ1n) is 5.27. The SMILES string of the molecule is O=C(c1ccc(Br)c(C(F)(F)F)c1)C(F)(F)C(F)(F)C(F)(F)F. The Hall–Kier alpha value is -1.33. The van der Waals surface area contributed by atoms with Crippen molar-refractivity contribution < 1.29 is 48.7 Å². The van der Waals surface area contributed by atoms with Crippen LogP contribution in [0.4, 0.5) is 43.9 Å². The van der Waals surface area contributed by atoms with Crippen molar-refractivity contribution in [3.8, 4) is 0 Å². The Labute approximate surface area is 129 Å². The molecule has 0 bridgehead atoms. The zero-order valence-corrected chi connectivity index (χ0v) is 11.9. The Morgan fingerprint density at radius 1 is 0.870 bits per heavy atom. The molecular weight excluding hydrogens is 418 g/mol. The fourth-order valence-electron chi connectivity index (χ4n) is 1.39. The van der Waals surface area contributed by atoms with Gasteiger partial charge >= 0.3 is 24.2 Å². The van der Waals surface area contributed by atoms with Gasteiger partial charge in [0.15, 0.2) is 0 Å². The number of benzene rings is 1. The molecule has 0 aliphatic carbocycles. The number of carbonyl (C=O) groups is 1. The topological polar surface area (TPSA) is 17.1 Å².